The number of aromatic nitrogens is 1. The van der Waals surface area contributed by atoms with E-state index in [0.29, 0.717) is 0 Å². The molecule has 0 aliphatic heterocycles. The molecule has 1 N–H and O–H groups in total. The van der Waals surface area contributed by atoms with E-state index in [-0.39, 0.29) is 0 Å². The Morgan fingerprint density at radius 1 is 1.29 bits per heavy atom. The number of fused-ring (bicyclic) bond motifs is 1. The Balaban J connectivity index is 2.28. The van der Waals surface area contributed by atoms with Crippen LogP contribution in [-0.4, -0.2) is 23.6 Å². The Morgan fingerprint density at radius 3 is 2.94 bits per heavy atom. The first kappa shape index (κ1) is 12.5. The van der Waals surface area contributed by atoms with Crippen molar-refractivity contribution >= 4 is 22.7 Å². The van der Waals surface area contributed by atoms with Crippen molar-refractivity contribution in [2.45, 2.75) is 19.5 Å². The van der Waals surface area contributed by atoms with Crippen molar-refractivity contribution in [1.82, 2.24) is 9.88 Å². The van der Waals surface area contributed by atoms with Gasteiger partial charge >= 0.3 is 0 Å². The van der Waals surface area contributed by atoms with Gasteiger partial charge in [0.15, 0.2) is 0 Å². The normalized spacial score (nSPS) is 11.2. The van der Waals surface area contributed by atoms with Crippen LogP contribution in [0.3, 0.4) is 0 Å². The number of hydrogen-bond acceptors (Lipinski definition) is 2. The number of para-hydroxylation sites is 1. The van der Waals surface area contributed by atoms with Crippen LogP contribution in [0.25, 0.3) is 10.9 Å². The SMILES string of the molecule is CNCc1cccc2ccn(CCCSC)c12. The summed E-state index contributed by atoms with van der Waals surface area (Å²) in [5.74, 6) is 1.23. The van der Waals surface area contributed by atoms with E-state index in [0.717, 1.165) is 13.1 Å². The van der Waals surface area contributed by atoms with Gasteiger partial charge in [0.1, 0.15) is 0 Å². The van der Waals surface area contributed by atoms with Gasteiger partial charge in [-0.3, -0.25) is 0 Å². The third-order valence-corrected chi connectivity index (χ3v) is 3.68. The maximum absolute atomic E-state index is 3.24. The highest BCUT2D eigenvalue weighted by molar-refractivity contribution is 7.98. The molecule has 0 saturated heterocycles. The highest BCUT2D eigenvalue weighted by Crippen LogP contribution is 2.20. The molecule has 2 aromatic rings. The highest BCUT2D eigenvalue weighted by Gasteiger charge is 2.05. The lowest BCUT2D eigenvalue weighted by Crippen LogP contribution is -2.07. The smallest absolute Gasteiger partial charge is 0.0525 e. The molecule has 0 fully saturated rings. The minimum absolute atomic E-state index is 0.934. The van der Waals surface area contributed by atoms with Crippen molar-refractivity contribution in [1.29, 1.82) is 0 Å². The number of benzene rings is 1. The Labute approximate surface area is 107 Å². The number of thioether (sulfide) groups is 1. The van der Waals surface area contributed by atoms with Gasteiger partial charge in [-0.2, -0.15) is 11.8 Å². The number of nitrogens with one attached hydrogen (secondary N) is 1. The quantitative estimate of drug-likeness (QED) is 0.791. The van der Waals surface area contributed by atoms with Crippen molar-refractivity contribution in [2.24, 2.45) is 0 Å². The molecule has 1 aromatic heterocycles. The molecule has 0 bridgehead atoms. The lowest BCUT2D eigenvalue weighted by atomic mass is 10.1. The topological polar surface area (TPSA) is 17.0 Å². The molecule has 3 heteroatoms. The second-order valence-electron chi connectivity index (χ2n) is 4.24. The number of nitrogens with zero attached hydrogens (tertiary/aromatic N) is 1. The molecule has 1 heterocycles. The first-order chi connectivity index (χ1) is 8.36. The zero-order valence-corrected chi connectivity index (χ0v) is 11.4. The third kappa shape index (κ3) is 2.85. The fourth-order valence-electron chi connectivity index (χ4n) is 2.24. The first-order valence-corrected chi connectivity index (χ1v) is 7.46. The van der Waals surface area contributed by atoms with Gasteiger partial charge in [-0.1, -0.05) is 18.2 Å². The fourth-order valence-corrected chi connectivity index (χ4v) is 2.66. The van der Waals surface area contributed by atoms with E-state index in [2.05, 4.69) is 46.6 Å². The molecule has 0 aliphatic carbocycles. The summed E-state index contributed by atoms with van der Waals surface area (Å²) in [6.45, 7) is 2.05. The van der Waals surface area contributed by atoms with Gasteiger partial charge in [0, 0.05) is 19.3 Å². The van der Waals surface area contributed by atoms with Crippen LogP contribution in [0.2, 0.25) is 0 Å². The molecule has 0 unspecified atom stereocenters. The fraction of sp³-hybridized carbons (Fsp3) is 0.429. The van der Waals surface area contributed by atoms with Crippen LogP contribution in [0.5, 0.6) is 0 Å². The van der Waals surface area contributed by atoms with E-state index in [1.165, 1.54) is 28.6 Å². The predicted octanol–water partition coefficient (Wildman–Crippen LogP) is 3.11. The molecule has 2 rings (SSSR count). The lowest BCUT2D eigenvalue weighted by Gasteiger charge is -2.09. The highest BCUT2D eigenvalue weighted by atomic mass is 32.2. The summed E-state index contributed by atoms with van der Waals surface area (Å²) < 4.78 is 2.39. The van der Waals surface area contributed by atoms with E-state index in [1.54, 1.807) is 0 Å². The van der Waals surface area contributed by atoms with Crippen molar-refractivity contribution in [2.75, 3.05) is 19.1 Å². The number of rotatable bonds is 6. The lowest BCUT2D eigenvalue weighted by molar-refractivity contribution is 0.703. The van der Waals surface area contributed by atoms with Gasteiger partial charge in [0.2, 0.25) is 0 Å². The molecule has 0 saturated carbocycles. The van der Waals surface area contributed by atoms with Gasteiger partial charge in [0.25, 0.3) is 0 Å². The van der Waals surface area contributed by atoms with E-state index in [9.17, 15) is 0 Å². The molecule has 0 aliphatic rings. The third-order valence-electron chi connectivity index (χ3n) is 2.99. The molecular formula is C14H20N2S. The Hall–Kier alpha value is -0.930. The maximum Gasteiger partial charge on any atom is 0.0525 e. The molecule has 92 valence electrons. The van der Waals surface area contributed by atoms with Crippen LogP contribution in [0.1, 0.15) is 12.0 Å². The molecule has 0 amide bonds. The Morgan fingerprint density at radius 2 is 2.18 bits per heavy atom. The van der Waals surface area contributed by atoms with Crippen molar-refractivity contribution in [3.8, 4) is 0 Å². The van der Waals surface area contributed by atoms with Crippen LogP contribution in [0.15, 0.2) is 30.5 Å². The van der Waals surface area contributed by atoms with Crippen molar-refractivity contribution in [3.63, 3.8) is 0 Å². The van der Waals surface area contributed by atoms with Gasteiger partial charge in [-0.15, -0.1) is 0 Å². The summed E-state index contributed by atoms with van der Waals surface area (Å²) in [6.07, 6.45) is 5.61. The minimum Gasteiger partial charge on any atom is -0.347 e. The summed E-state index contributed by atoms with van der Waals surface area (Å²) >= 11 is 1.92. The second kappa shape index (κ2) is 6.12. The average Bonchev–Trinajstić information content (AvgIpc) is 2.75. The Kier molecular flexibility index (Phi) is 4.51. The van der Waals surface area contributed by atoms with E-state index in [1.807, 2.05) is 18.8 Å². The number of aryl methyl sites for hydroxylation is 1. The zero-order valence-electron chi connectivity index (χ0n) is 10.6. The Bertz CT molecular complexity index is 476. The monoisotopic (exact) mass is 248 g/mol. The predicted molar refractivity (Wildman–Crippen MR) is 77.7 cm³/mol. The van der Waals surface area contributed by atoms with Gasteiger partial charge in [-0.05, 0) is 42.5 Å². The largest absolute Gasteiger partial charge is 0.347 e. The summed E-state index contributed by atoms with van der Waals surface area (Å²) in [4.78, 5) is 0. The van der Waals surface area contributed by atoms with Gasteiger partial charge in [0.05, 0.1) is 5.52 Å². The zero-order chi connectivity index (χ0) is 12.1. The average molecular weight is 248 g/mol. The summed E-state index contributed by atoms with van der Waals surface area (Å²) in [5, 5.41) is 4.59. The van der Waals surface area contributed by atoms with E-state index in [4.69, 9.17) is 0 Å². The van der Waals surface area contributed by atoms with Crippen LogP contribution >= 0.6 is 11.8 Å². The molecule has 0 spiro atoms. The molecule has 0 atom stereocenters. The van der Waals surface area contributed by atoms with Crippen LogP contribution in [0, 0.1) is 0 Å². The summed E-state index contributed by atoms with van der Waals surface area (Å²) in [5.41, 5.74) is 2.78. The maximum atomic E-state index is 3.24. The van der Waals surface area contributed by atoms with E-state index >= 15 is 0 Å². The summed E-state index contributed by atoms with van der Waals surface area (Å²) in [6, 6.07) is 8.76. The van der Waals surface area contributed by atoms with Crippen molar-refractivity contribution < 1.29 is 0 Å². The standard InChI is InChI=1S/C14H20N2S/c1-15-11-13-6-3-5-12-7-9-16(14(12)13)8-4-10-17-2/h3,5-7,9,15H,4,8,10-11H2,1-2H3. The van der Waals surface area contributed by atoms with Crippen molar-refractivity contribution in [3.05, 3.63) is 36.0 Å². The minimum atomic E-state index is 0.934. The van der Waals surface area contributed by atoms with Crippen LogP contribution in [0.4, 0.5) is 0 Å². The van der Waals surface area contributed by atoms with Gasteiger partial charge < -0.3 is 9.88 Å². The molecular weight excluding hydrogens is 228 g/mol. The second-order valence-corrected chi connectivity index (χ2v) is 5.23. The number of hydrogen-bond donors (Lipinski definition) is 1. The first-order valence-electron chi connectivity index (χ1n) is 6.07. The van der Waals surface area contributed by atoms with E-state index < -0.39 is 0 Å². The summed E-state index contributed by atoms with van der Waals surface area (Å²) in [7, 11) is 2.00. The van der Waals surface area contributed by atoms with Crippen LogP contribution in [-0.2, 0) is 13.1 Å². The molecule has 0 radical (unpaired) electrons. The van der Waals surface area contributed by atoms with Gasteiger partial charge in [-0.25, -0.2) is 0 Å². The molecule has 2 nitrogen and oxygen atoms in total. The van der Waals surface area contributed by atoms with Crippen LogP contribution < -0.4 is 5.32 Å². The molecule has 17 heavy (non-hydrogen) atoms. The molecule has 1 aromatic carbocycles.